The molecule has 12 heteroatoms. The van der Waals surface area contributed by atoms with Crippen LogP contribution in [0.4, 0.5) is 10.1 Å². The van der Waals surface area contributed by atoms with Gasteiger partial charge in [0.2, 0.25) is 18.0 Å². The van der Waals surface area contributed by atoms with Gasteiger partial charge in [-0.15, -0.1) is 4.99 Å². The van der Waals surface area contributed by atoms with Crippen LogP contribution in [0.2, 0.25) is 0 Å². The number of hydrogen-bond donors (Lipinski definition) is 4. The van der Waals surface area contributed by atoms with Gasteiger partial charge >= 0.3 is 0 Å². The van der Waals surface area contributed by atoms with Crippen molar-refractivity contribution in [1.29, 1.82) is 5.26 Å². The van der Waals surface area contributed by atoms with Crippen molar-refractivity contribution in [2.75, 3.05) is 11.9 Å². The van der Waals surface area contributed by atoms with E-state index in [2.05, 4.69) is 52.3 Å². The Hall–Kier alpha value is -3.20. The topological polar surface area (TPSA) is 144 Å². The molecular formula is C14H14BrFN8O2. The molecular weight excluding hydrogens is 411 g/mol. The average Bonchev–Trinajstić information content (AvgIpc) is 3.09. The largest absolute Gasteiger partial charge is 0.409 e. The Bertz CT molecular complexity index is 861. The smallest absolute Gasteiger partial charge is 0.209 e. The van der Waals surface area contributed by atoms with Gasteiger partial charge in [0.25, 0.3) is 0 Å². The molecule has 1 aromatic heterocycles. The van der Waals surface area contributed by atoms with Crippen LogP contribution >= 0.6 is 15.9 Å². The molecule has 1 aromatic carbocycles. The number of rotatable bonds is 5. The Morgan fingerprint density at radius 2 is 2.23 bits per heavy atom. The summed E-state index contributed by atoms with van der Waals surface area (Å²) in [7, 11) is 0. The van der Waals surface area contributed by atoms with Gasteiger partial charge in [-0.1, -0.05) is 10.3 Å². The molecule has 0 unspecified atom stereocenters. The zero-order chi connectivity index (χ0) is 18.9. The van der Waals surface area contributed by atoms with E-state index in [0.29, 0.717) is 17.9 Å². The van der Waals surface area contributed by atoms with Crippen LogP contribution < -0.4 is 16.0 Å². The first-order chi connectivity index (χ1) is 12.6. The maximum absolute atomic E-state index is 13.3. The lowest BCUT2D eigenvalue weighted by molar-refractivity contribution is 0.300. The number of oxime groups is 1. The number of anilines is 1. The molecule has 0 radical (unpaired) electrons. The number of benzene rings is 1. The number of nitrogens with zero attached hydrogens (tertiary/aromatic N) is 5. The fourth-order valence-electron chi connectivity index (χ4n) is 1.87. The minimum Gasteiger partial charge on any atom is -0.409 e. The molecule has 0 saturated heterocycles. The third-order valence-corrected chi connectivity index (χ3v) is 3.60. The van der Waals surface area contributed by atoms with E-state index in [0.717, 1.165) is 0 Å². The number of guanidine groups is 1. The molecule has 2 aromatic rings. The quantitative estimate of drug-likeness (QED) is 0.187. The zero-order valence-corrected chi connectivity index (χ0v) is 15.1. The zero-order valence-electron chi connectivity index (χ0n) is 13.5. The molecule has 136 valence electrons. The van der Waals surface area contributed by atoms with Crippen molar-refractivity contribution in [1.82, 2.24) is 20.9 Å². The third-order valence-electron chi connectivity index (χ3n) is 2.99. The van der Waals surface area contributed by atoms with Crippen LogP contribution in [0.5, 0.6) is 0 Å². The van der Waals surface area contributed by atoms with Crippen molar-refractivity contribution in [2.45, 2.75) is 13.5 Å². The summed E-state index contributed by atoms with van der Waals surface area (Å²) in [5, 5.41) is 37.0. The fourth-order valence-corrected chi connectivity index (χ4v) is 2.25. The summed E-state index contributed by atoms with van der Waals surface area (Å²) in [5.41, 5.74) is 0.885. The first-order valence-corrected chi connectivity index (χ1v) is 8.08. The molecule has 0 spiro atoms. The lowest BCUT2D eigenvalue weighted by atomic mass is 10.2. The summed E-state index contributed by atoms with van der Waals surface area (Å²) in [6.07, 6.45) is 1.67. The van der Waals surface area contributed by atoms with Crippen LogP contribution in [0, 0.1) is 17.3 Å². The number of aromatic nitrogens is 2. The molecule has 1 heterocycles. The number of hydrogen-bond acceptors (Lipinski definition) is 7. The molecule has 0 aliphatic rings. The highest BCUT2D eigenvalue weighted by atomic mass is 79.9. The summed E-state index contributed by atoms with van der Waals surface area (Å²) in [6.45, 7) is 2.50. The monoisotopic (exact) mass is 424 g/mol. The summed E-state index contributed by atoms with van der Waals surface area (Å²) in [6, 6.07) is 4.17. The minimum absolute atomic E-state index is 0.0521. The molecule has 0 aliphatic carbocycles. The lowest BCUT2D eigenvalue weighted by Gasteiger charge is -2.09. The van der Waals surface area contributed by atoms with Crippen LogP contribution in [-0.4, -0.2) is 33.9 Å². The molecule has 0 aliphatic heterocycles. The van der Waals surface area contributed by atoms with Gasteiger partial charge in [0.1, 0.15) is 11.5 Å². The van der Waals surface area contributed by atoms with Gasteiger partial charge in [-0.3, -0.25) is 0 Å². The Balaban J connectivity index is 2.15. The SMILES string of the molecule is CCN/C(=N\C#N)NCc1nonc1/C(=N/O)Nc1ccc(F)c(Br)c1. The number of nitrogens with one attached hydrogen (secondary N) is 3. The average molecular weight is 425 g/mol. The number of aliphatic imine (C=N–C) groups is 1. The van der Waals surface area contributed by atoms with Gasteiger partial charge in [-0.05, 0) is 46.2 Å². The summed E-state index contributed by atoms with van der Waals surface area (Å²) in [4.78, 5) is 3.58. The van der Waals surface area contributed by atoms with Crippen molar-refractivity contribution in [3.05, 3.63) is 39.9 Å². The van der Waals surface area contributed by atoms with Gasteiger partial charge in [0.15, 0.2) is 5.69 Å². The van der Waals surface area contributed by atoms with E-state index in [4.69, 9.17) is 9.89 Å². The van der Waals surface area contributed by atoms with E-state index >= 15 is 0 Å². The third kappa shape index (κ3) is 4.90. The van der Waals surface area contributed by atoms with E-state index in [-0.39, 0.29) is 28.5 Å². The maximum Gasteiger partial charge on any atom is 0.209 e. The maximum atomic E-state index is 13.3. The van der Waals surface area contributed by atoms with Gasteiger partial charge in [-0.25, -0.2) is 9.02 Å². The van der Waals surface area contributed by atoms with Crippen LogP contribution in [-0.2, 0) is 6.54 Å². The first kappa shape index (κ1) is 19.1. The van der Waals surface area contributed by atoms with Crippen molar-refractivity contribution in [2.24, 2.45) is 10.1 Å². The first-order valence-electron chi connectivity index (χ1n) is 7.29. The van der Waals surface area contributed by atoms with E-state index in [1.165, 1.54) is 18.2 Å². The Kier molecular flexibility index (Phi) is 6.86. The number of amidine groups is 1. The molecule has 10 nitrogen and oxygen atoms in total. The predicted octanol–water partition coefficient (Wildman–Crippen LogP) is 1.76. The van der Waals surface area contributed by atoms with Crippen molar-refractivity contribution in [3.63, 3.8) is 0 Å². The molecule has 0 bridgehead atoms. The van der Waals surface area contributed by atoms with Crippen molar-refractivity contribution in [3.8, 4) is 6.19 Å². The molecule has 0 fully saturated rings. The fraction of sp³-hybridized carbons (Fsp3) is 0.214. The van der Waals surface area contributed by atoms with E-state index in [1.807, 2.05) is 6.92 Å². The highest BCUT2D eigenvalue weighted by molar-refractivity contribution is 9.10. The van der Waals surface area contributed by atoms with E-state index in [9.17, 15) is 9.60 Å². The van der Waals surface area contributed by atoms with E-state index in [1.54, 1.807) is 6.19 Å². The predicted molar refractivity (Wildman–Crippen MR) is 93.9 cm³/mol. The molecule has 2 rings (SSSR count). The Labute approximate surface area is 155 Å². The van der Waals surface area contributed by atoms with Gasteiger partial charge in [-0.2, -0.15) is 5.26 Å². The second-order valence-corrected chi connectivity index (χ2v) is 5.56. The van der Waals surface area contributed by atoms with Crippen molar-refractivity contribution < 1.29 is 14.2 Å². The molecule has 26 heavy (non-hydrogen) atoms. The van der Waals surface area contributed by atoms with Crippen LogP contribution in [0.15, 0.2) is 37.4 Å². The molecule has 0 atom stereocenters. The molecule has 0 saturated carbocycles. The second-order valence-electron chi connectivity index (χ2n) is 4.71. The van der Waals surface area contributed by atoms with Crippen LogP contribution in [0.1, 0.15) is 18.3 Å². The van der Waals surface area contributed by atoms with Gasteiger partial charge in [0, 0.05) is 12.2 Å². The molecule has 0 amide bonds. The van der Waals surface area contributed by atoms with Gasteiger partial charge in [0.05, 0.1) is 11.0 Å². The minimum atomic E-state index is -0.432. The van der Waals surface area contributed by atoms with Crippen molar-refractivity contribution >= 4 is 33.4 Å². The highest BCUT2D eigenvalue weighted by Gasteiger charge is 2.18. The second kappa shape index (κ2) is 9.33. The van der Waals surface area contributed by atoms with Crippen LogP contribution in [0.3, 0.4) is 0 Å². The summed E-state index contributed by atoms with van der Waals surface area (Å²) >= 11 is 3.07. The van der Waals surface area contributed by atoms with Crippen LogP contribution in [0.25, 0.3) is 0 Å². The Morgan fingerprint density at radius 3 is 2.88 bits per heavy atom. The molecule has 4 N–H and O–H groups in total. The summed E-state index contributed by atoms with van der Waals surface area (Å²) < 4.78 is 18.3. The number of halogens is 2. The number of nitriles is 1. The Morgan fingerprint density at radius 1 is 1.42 bits per heavy atom. The normalized spacial score (nSPS) is 11.8. The summed E-state index contributed by atoms with van der Waals surface area (Å²) in [5.74, 6) is -0.232. The lowest BCUT2D eigenvalue weighted by Crippen LogP contribution is -2.37. The van der Waals surface area contributed by atoms with E-state index < -0.39 is 5.82 Å². The standard InChI is InChI=1S/C14H14BrFN8O2/c1-2-18-14(20-7-17)19-6-11-12(24-26-23-11)13(22-25)21-8-3-4-10(16)9(15)5-8/h3-5,25H,2,6H2,1H3,(H,21,22)(H2,18,19,20). The highest BCUT2D eigenvalue weighted by Crippen LogP contribution is 2.20. The van der Waals surface area contributed by atoms with Gasteiger partial charge < -0.3 is 21.2 Å².